The molecule has 0 radical (unpaired) electrons. The van der Waals surface area contributed by atoms with Crippen LogP contribution in [0.25, 0.3) is 0 Å². The van der Waals surface area contributed by atoms with Crippen LogP contribution in [0.2, 0.25) is 25.2 Å². The Labute approximate surface area is 118 Å². The molecule has 2 rings (SSSR count). The summed E-state index contributed by atoms with van der Waals surface area (Å²) in [5.41, 5.74) is 6.84. The molecule has 0 saturated carbocycles. The van der Waals surface area contributed by atoms with Crippen LogP contribution < -0.4 is 0 Å². The normalized spacial score (nSPS) is 21.2. The highest BCUT2D eigenvalue weighted by atomic mass is 28.3. The van der Waals surface area contributed by atoms with Crippen molar-refractivity contribution in [1.29, 1.82) is 0 Å². The minimum absolute atomic E-state index is 0.761. The van der Waals surface area contributed by atoms with Crippen molar-refractivity contribution >= 4 is 8.07 Å². The molecule has 1 saturated heterocycles. The summed E-state index contributed by atoms with van der Waals surface area (Å²) in [5, 5.41) is 0. The van der Waals surface area contributed by atoms with Crippen LogP contribution in [0, 0.1) is 0 Å². The van der Waals surface area contributed by atoms with Crippen LogP contribution in [0.1, 0.15) is 12.0 Å². The summed E-state index contributed by atoms with van der Waals surface area (Å²) >= 11 is 0. The molecule has 102 valence electrons. The molecule has 2 heteroatoms. The molecule has 0 amide bonds. The van der Waals surface area contributed by atoms with Gasteiger partial charge < -0.3 is 0 Å². The predicted octanol–water partition coefficient (Wildman–Crippen LogP) is 4.31. The van der Waals surface area contributed by atoms with E-state index in [1.807, 2.05) is 0 Å². The maximum atomic E-state index is 3.92. The van der Waals surface area contributed by atoms with E-state index in [1.54, 1.807) is 0 Å². The van der Waals surface area contributed by atoms with Gasteiger partial charge in [-0.2, -0.15) is 0 Å². The molecular weight excluding hydrogens is 246 g/mol. The van der Waals surface area contributed by atoms with Crippen LogP contribution in [0.15, 0.2) is 48.2 Å². The highest BCUT2D eigenvalue weighted by Crippen LogP contribution is 2.36. The molecule has 0 spiro atoms. The summed E-state index contributed by atoms with van der Waals surface area (Å²) in [6.07, 6.45) is 1.28. The molecule has 0 N–H and O–H groups in total. The Kier molecular flexibility index (Phi) is 4.46. The Bertz CT molecular complexity index is 466. The summed E-state index contributed by atoms with van der Waals surface area (Å²) in [5.74, 6) is 0. The van der Waals surface area contributed by atoms with Crippen molar-refractivity contribution < 1.29 is 0 Å². The zero-order valence-electron chi connectivity index (χ0n) is 12.4. The van der Waals surface area contributed by atoms with Crippen LogP contribution in [0.3, 0.4) is 0 Å². The smallest absolute Gasteiger partial charge is 0.0526 e. The Morgan fingerprint density at radius 1 is 1.26 bits per heavy atom. The Hall–Kier alpha value is -1.08. The lowest BCUT2D eigenvalue weighted by Gasteiger charge is -2.39. The van der Waals surface area contributed by atoms with E-state index in [1.165, 1.54) is 24.1 Å². The highest BCUT2D eigenvalue weighted by molar-refractivity contribution is 6.78. The Balaban J connectivity index is 2.04. The lowest BCUT2D eigenvalue weighted by molar-refractivity contribution is 0.256. The maximum Gasteiger partial charge on any atom is 0.0526 e. The van der Waals surface area contributed by atoms with E-state index < -0.39 is 8.07 Å². The standard InChI is InChI=1S/C17H25NSi/c1-5-16-14-18(12-11-17(16)19(2,3)4)13-15-9-7-6-8-10-15/h6-10,17H,1,11-14H2,2-4H3. The second-order valence-electron chi connectivity index (χ2n) is 6.61. The molecule has 19 heavy (non-hydrogen) atoms. The molecule has 0 aliphatic carbocycles. The van der Waals surface area contributed by atoms with Gasteiger partial charge in [0.15, 0.2) is 0 Å². The van der Waals surface area contributed by atoms with E-state index in [0.29, 0.717) is 0 Å². The van der Waals surface area contributed by atoms with E-state index in [4.69, 9.17) is 0 Å². The quantitative estimate of drug-likeness (QED) is 0.585. The number of benzene rings is 1. The van der Waals surface area contributed by atoms with Crippen molar-refractivity contribution in [1.82, 2.24) is 4.90 Å². The van der Waals surface area contributed by atoms with E-state index in [0.717, 1.165) is 18.6 Å². The number of likely N-dealkylation sites (tertiary alicyclic amines) is 1. The lowest BCUT2D eigenvalue weighted by atomic mass is 10.0. The minimum Gasteiger partial charge on any atom is -0.295 e. The second kappa shape index (κ2) is 5.92. The molecule has 1 fully saturated rings. The zero-order chi connectivity index (χ0) is 13.9. The minimum atomic E-state index is -1.13. The molecule has 1 unspecified atom stereocenters. The van der Waals surface area contributed by atoms with Crippen LogP contribution in [-0.4, -0.2) is 26.1 Å². The number of hydrogen-bond acceptors (Lipinski definition) is 1. The summed E-state index contributed by atoms with van der Waals surface area (Å²) in [6, 6.07) is 10.7. The highest BCUT2D eigenvalue weighted by Gasteiger charge is 2.33. The first-order valence-corrected chi connectivity index (χ1v) is 10.7. The molecule has 1 nitrogen and oxygen atoms in total. The summed E-state index contributed by atoms with van der Waals surface area (Å²) < 4.78 is 0. The monoisotopic (exact) mass is 271 g/mol. The number of piperidine rings is 1. The molecule has 0 aromatic heterocycles. The van der Waals surface area contributed by atoms with E-state index in [2.05, 4.69) is 67.2 Å². The first kappa shape index (κ1) is 14.3. The van der Waals surface area contributed by atoms with Gasteiger partial charge in [-0.3, -0.25) is 4.90 Å². The Morgan fingerprint density at radius 3 is 2.53 bits per heavy atom. The third-order valence-electron chi connectivity index (χ3n) is 4.07. The SMILES string of the molecule is C=C=C1CN(Cc2ccccc2)CCC1[Si](C)(C)C. The van der Waals surface area contributed by atoms with Gasteiger partial charge in [0.25, 0.3) is 0 Å². The fourth-order valence-electron chi connectivity index (χ4n) is 3.03. The van der Waals surface area contributed by atoms with Gasteiger partial charge in [-0.1, -0.05) is 56.6 Å². The van der Waals surface area contributed by atoms with Crippen LogP contribution in [-0.2, 0) is 6.54 Å². The van der Waals surface area contributed by atoms with Crippen molar-refractivity contribution in [2.45, 2.75) is 38.1 Å². The van der Waals surface area contributed by atoms with Gasteiger partial charge in [0.2, 0.25) is 0 Å². The van der Waals surface area contributed by atoms with E-state index in [9.17, 15) is 0 Å². The van der Waals surface area contributed by atoms with Crippen LogP contribution >= 0.6 is 0 Å². The number of hydrogen-bond donors (Lipinski definition) is 0. The third-order valence-corrected chi connectivity index (χ3v) is 6.80. The average molecular weight is 271 g/mol. The molecule has 1 aromatic carbocycles. The zero-order valence-corrected chi connectivity index (χ0v) is 13.4. The van der Waals surface area contributed by atoms with Crippen molar-refractivity contribution in [3.63, 3.8) is 0 Å². The van der Waals surface area contributed by atoms with Gasteiger partial charge >= 0.3 is 0 Å². The average Bonchev–Trinajstić information content (AvgIpc) is 2.38. The van der Waals surface area contributed by atoms with Crippen molar-refractivity contribution in [2.24, 2.45) is 0 Å². The lowest BCUT2D eigenvalue weighted by Crippen LogP contribution is -2.41. The topological polar surface area (TPSA) is 3.24 Å². The second-order valence-corrected chi connectivity index (χ2v) is 12.0. The Morgan fingerprint density at radius 2 is 1.95 bits per heavy atom. The van der Waals surface area contributed by atoms with Crippen LogP contribution in [0.4, 0.5) is 0 Å². The largest absolute Gasteiger partial charge is 0.295 e. The van der Waals surface area contributed by atoms with Gasteiger partial charge in [0.1, 0.15) is 0 Å². The van der Waals surface area contributed by atoms with Crippen molar-refractivity contribution in [3.05, 3.63) is 53.8 Å². The molecule has 1 atom stereocenters. The summed E-state index contributed by atoms with van der Waals surface area (Å²) in [4.78, 5) is 2.53. The van der Waals surface area contributed by atoms with Gasteiger partial charge in [0, 0.05) is 13.1 Å². The van der Waals surface area contributed by atoms with E-state index in [-0.39, 0.29) is 0 Å². The fourth-order valence-corrected chi connectivity index (χ4v) is 5.26. The fraction of sp³-hybridized carbons (Fsp3) is 0.471. The molecule has 1 heterocycles. The maximum absolute atomic E-state index is 3.92. The number of rotatable bonds is 3. The molecule has 1 aliphatic rings. The van der Waals surface area contributed by atoms with Gasteiger partial charge in [-0.05, 0) is 29.6 Å². The van der Waals surface area contributed by atoms with Gasteiger partial charge in [-0.25, -0.2) is 0 Å². The molecular formula is C17H25NSi. The van der Waals surface area contributed by atoms with Gasteiger partial charge in [-0.15, -0.1) is 5.73 Å². The van der Waals surface area contributed by atoms with Crippen molar-refractivity contribution in [3.8, 4) is 0 Å². The summed E-state index contributed by atoms with van der Waals surface area (Å²) in [7, 11) is -1.13. The van der Waals surface area contributed by atoms with Crippen molar-refractivity contribution in [2.75, 3.05) is 13.1 Å². The molecule has 1 aliphatic heterocycles. The first-order chi connectivity index (χ1) is 9.00. The third kappa shape index (κ3) is 3.70. The summed E-state index contributed by atoms with van der Waals surface area (Å²) in [6.45, 7) is 14.6. The van der Waals surface area contributed by atoms with Gasteiger partial charge in [0.05, 0.1) is 8.07 Å². The number of nitrogens with zero attached hydrogens (tertiary/aromatic N) is 1. The van der Waals surface area contributed by atoms with Crippen LogP contribution in [0.5, 0.6) is 0 Å². The van der Waals surface area contributed by atoms with E-state index >= 15 is 0 Å². The molecule has 0 bridgehead atoms. The first-order valence-electron chi connectivity index (χ1n) is 7.16. The predicted molar refractivity (Wildman–Crippen MR) is 86.1 cm³/mol. The molecule has 1 aromatic rings.